The maximum atomic E-state index is 10.1. The number of pyridine rings is 1. The number of nitrogens with one attached hydrogen (secondary N) is 1. The molecule has 0 atom stereocenters. The van der Waals surface area contributed by atoms with Crippen LogP contribution in [0.1, 0.15) is 5.56 Å². The summed E-state index contributed by atoms with van der Waals surface area (Å²) in [7, 11) is 0. The van der Waals surface area contributed by atoms with Crippen molar-refractivity contribution < 1.29 is 5.11 Å². The van der Waals surface area contributed by atoms with E-state index in [2.05, 4.69) is 20.4 Å². The summed E-state index contributed by atoms with van der Waals surface area (Å²) in [5.74, 6) is 0.692. The highest BCUT2D eigenvalue weighted by Crippen LogP contribution is 2.24. The molecule has 0 spiro atoms. The number of β-amino-alcohol motifs (C(OH)–C–C–N with tert-alkyl or cyclic N) is 1. The van der Waals surface area contributed by atoms with Crippen molar-refractivity contribution in [2.75, 3.05) is 13.1 Å². The standard InChI is InChI=1S/C10H11N5O/c16-10(4-11-5-10)8-1-2-9(13-3-8)15-7-12-6-14-15/h1-3,6-7,11,16H,4-5H2. The molecule has 2 aromatic heterocycles. The first-order valence-electron chi connectivity index (χ1n) is 5.03. The normalized spacial score (nSPS) is 18.1. The van der Waals surface area contributed by atoms with Gasteiger partial charge in [0.05, 0.1) is 0 Å². The van der Waals surface area contributed by atoms with Gasteiger partial charge in [0.25, 0.3) is 0 Å². The van der Waals surface area contributed by atoms with E-state index < -0.39 is 5.60 Å². The quantitative estimate of drug-likeness (QED) is 0.706. The molecule has 6 nitrogen and oxygen atoms in total. The van der Waals surface area contributed by atoms with Crippen molar-refractivity contribution in [3.05, 3.63) is 36.5 Å². The largest absolute Gasteiger partial charge is 0.382 e. The van der Waals surface area contributed by atoms with Crippen molar-refractivity contribution in [3.63, 3.8) is 0 Å². The minimum atomic E-state index is -0.756. The Morgan fingerprint density at radius 1 is 1.38 bits per heavy atom. The first-order valence-corrected chi connectivity index (χ1v) is 5.03. The van der Waals surface area contributed by atoms with Gasteiger partial charge in [-0.3, -0.25) is 0 Å². The molecule has 2 N–H and O–H groups in total. The molecule has 0 aliphatic carbocycles. The molecule has 3 rings (SSSR count). The lowest BCUT2D eigenvalue weighted by molar-refractivity contribution is -0.0149. The second-order valence-electron chi connectivity index (χ2n) is 3.88. The van der Waals surface area contributed by atoms with Gasteiger partial charge in [-0.05, 0) is 6.07 Å². The summed E-state index contributed by atoms with van der Waals surface area (Å²) in [4.78, 5) is 8.09. The summed E-state index contributed by atoms with van der Waals surface area (Å²) >= 11 is 0. The molecule has 16 heavy (non-hydrogen) atoms. The summed E-state index contributed by atoms with van der Waals surface area (Å²) in [5, 5.41) is 17.1. The van der Waals surface area contributed by atoms with Gasteiger partial charge in [-0.1, -0.05) is 6.07 Å². The minimum absolute atomic E-state index is 0.581. The second-order valence-corrected chi connectivity index (χ2v) is 3.88. The molecule has 0 radical (unpaired) electrons. The summed E-state index contributed by atoms with van der Waals surface area (Å²) in [6.45, 7) is 1.16. The zero-order chi connectivity index (χ0) is 11.0. The molecule has 0 saturated carbocycles. The van der Waals surface area contributed by atoms with Crippen LogP contribution in [0.2, 0.25) is 0 Å². The van der Waals surface area contributed by atoms with Crippen molar-refractivity contribution in [1.29, 1.82) is 0 Å². The third-order valence-corrected chi connectivity index (χ3v) is 2.77. The maximum Gasteiger partial charge on any atom is 0.155 e. The maximum absolute atomic E-state index is 10.1. The summed E-state index contributed by atoms with van der Waals surface area (Å²) in [6, 6.07) is 3.69. The highest BCUT2D eigenvalue weighted by atomic mass is 16.3. The predicted octanol–water partition coefficient (Wildman–Crippen LogP) is -0.547. The van der Waals surface area contributed by atoms with Crippen molar-refractivity contribution in [1.82, 2.24) is 25.1 Å². The monoisotopic (exact) mass is 217 g/mol. The van der Waals surface area contributed by atoms with E-state index in [4.69, 9.17) is 0 Å². The van der Waals surface area contributed by atoms with E-state index in [1.54, 1.807) is 17.2 Å². The molecule has 0 amide bonds. The fraction of sp³-hybridized carbons (Fsp3) is 0.300. The zero-order valence-corrected chi connectivity index (χ0v) is 8.54. The van der Waals surface area contributed by atoms with Crippen molar-refractivity contribution in [2.45, 2.75) is 5.60 Å². The molecular weight excluding hydrogens is 206 g/mol. The molecular formula is C10H11N5O. The SMILES string of the molecule is OC1(c2ccc(-n3cncn3)nc2)CNC1. The van der Waals surface area contributed by atoms with E-state index in [1.165, 1.54) is 6.33 Å². The van der Waals surface area contributed by atoms with Gasteiger partial charge in [-0.15, -0.1) is 0 Å². The Balaban J connectivity index is 1.91. The molecule has 1 aliphatic rings. The van der Waals surface area contributed by atoms with Crippen LogP contribution in [0.5, 0.6) is 0 Å². The molecule has 2 aromatic rings. The highest BCUT2D eigenvalue weighted by molar-refractivity contribution is 5.29. The van der Waals surface area contributed by atoms with Crippen LogP contribution in [0.4, 0.5) is 0 Å². The number of aromatic nitrogens is 4. The Labute approximate surface area is 92.0 Å². The van der Waals surface area contributed by atoms with Gasteiger partial charge in [-0.25, -0.2) is 14.6 Å². The van der Waals surface area contributed by atoms with E-state index in [0.29, 0.717) is 18.9 Å². The van der Waals surface area contributed by atoms with Gasteiger partial charge in [0.15, 0.2) is 5.82 Å². The Kier molecular flexibility index (Phi) is 1.98. The Morgan fingerprint density at radius 3 is 2.75 bits per heavy atom. The van der Waals surface area contributed by atoms with Gasteiger partial charge < -0.3 is 10.4 Å². The van der Waals surface area contributed by atoms with Crippen LogP contribution in [-0.4, -0.2) is 37.9 Å². The van der Waals surface area contributed by atoms with E-state index in [1.807, 2.05) is 12.1 Å². The Morgan fingerprint density at radius 2 is 2.25 bits per heavy atom. The van der Waals surface area contributed by atoms with Gasteiger partial charge >= 0.3 is 0 Å². The van der Waals surface area contributed by atoms with Crippen LogP contribution in [-0.2, 0) is 5.60 Å². The van der Waals surface area contributed by atoms with Crippen LogP contribution >= 0.6 is 0 Å². The van der Waals surface area contributed by atoms with Crippen molar-refractivity contribution in [2.24, 2.45) is 0 Å². The van der Waals surface area contributed by atoms with Crippen LogP contribution in [0, 0.1) is 0 Å². The molecule has 3 heterocycles. The number of hydrogen-bond donors (Lipinski definition) is 2. The van der Waals surface area contributed by atoms with Crippen LogP contribution in [0.25, 0.3) is 5.82 Å². The fourth-order valence-electron chi connectivity index (χ4n) is 1.69. The number of hydrogen-bond acceptors (Lipinski definition) is 5. The first-order chi connectivity index (χ1) is 7.78. The van der Waals surface area contributed by atoms with Gasteiger partial charge in [0.2, 0.25) is 0 Å². The molecule has 1 fully saturated rings. The Hall–Kier alpha value is -1.79. The third-order valence-electron chi connectivity index (χ3n) is 2.77. The molecule has 1 aliphatic heterocycles. The van der Waals surface area contributed by atoms with E-state index in [9.17, 15) is 5.11 Å². The topological polar surface area (TPSA) is 75.9 Å². The number of rotatable bonds is 2. The van der Waals surface area contributed by atoms with Crippen molar-refractivity contribution in [3.8, 4) is 5.82 Å². The summed E-state index contributed by atoms with van der Waals surface area (Å²) in [6.07, 6.45) is 4.72. The molecule has 0 aromatic carbocycles. The van der Waals surface area contributed by atoms with E-state index in [-0.39, 0.29) is 0 Å². The second kappa shape index (κ2) is 3.36. The van der Waals surface area contributed by atoms with Crippen molar-refractivity contribution >= 4 is 0 Å². The molecule has 6 heteroatoms. The van der Waals surface area contributed by atoms with Crippen LogP contribution in [0.15, 0.2) is 31.0 Å². The van der Waals surface area contributed by atoms with E-state index >= 15 is 0 Å². The number of aliphatic hydroxyl groups is 1. The lowest BCUT2D eigenvalue weighted by atomic mass is 9.89. The smallest absolute Gasteiger partial charge is 0.155 e. The first kappa shape index (κ1) is 9.44. The molecule has 1 saturated heterocycles. The zero-order valence-electron chi connectivity index (χ0n) is 8.54. The van der Waals surface area contributed by atoms with Crippen LogP contribution in [0.3, 0.4) is 0 Å². The van der Waals surface area contributed by atoms with Gasteiger partial charge in [0, 0.05) is 24.8 Å². The average molecular weight is 217 g/mol. The fourth-order valence-corrected chi connectivity index (χ4v) is 1.69. The molecule has 0 bridgehead atoms. The lowest BCUT2D eigenvalue weighted by Gasteiger charge is -2.37. The predicted molar refractivity (Wildman–Crippen MR) is 55.9 cm³/mol. The summed E-state index contributed by atoms with van der Waals surface area (Å²) < 4.78 is 1.58. The number of nitrogens with zero attached hydrogens (tertiary/aromatic N) is 4. The average Bonchev–Trinajstić information content (AvgIpc) is 2.80. The Bertz CT molecular complexity index is 474. The van der Waals surface area contributed by atoms with Gasteiger partial charge in [0.1, 0.15) is 18.3 Å². The van der Waals surface area contributed by atoms with E-state index in [0.717, 1.165) is 5.56 Å². The highest BCUT2D eigenvalue weighted by Gasteiger charge is 2.36. The summed E-state index contributed by atoms with van der Waals surface area (Å²) in [5.41, 5.74) is 0.0728. The third kappa shape index (κ3) is 1.39. The van der Waals surface area contributed by atoms with Crippen LogP contribution < -0.4 is 5.32 Å². The van der Waals surface area contributed by atoms with Gasteiger partial charge in [-0.2, -0.15) is 5.10 Å². The molecule has 0 unspecified atom stereocenters. The molecule has 82 valence electrons. The lowest BCUT2D eigenvalue weighted by Crippen LogP contribution is -2.56. The minimum Gasteiger partial charge on any atom is -0.382 e.